The van der Waals surface area contributed by atoms with Gasteiger partial charge in [0.25, 0.3) is 5.56 Å². The number of aromatic hydroxyl groups is 1. The Bertz CT molecular complexity index is 1550. The monoisotopic (exact) mass is 519 g/mol. The molecule has 8 nitrogen and oxygen atoms in total. The number of ether oxygens (including phenoxy) is 1. The molecular weight excluding hydrogens is 490 g/mol. The highest BCUT2D eigenvalue weighted by Crippen LogP contribution is 2.33. The molecule has 0 radical (unpaired) electrons. The van der Waals surface area contributed by atoms with Crippen LogP contribution in [0.1, 0.15) is 36.3 Å². The minimum Gasteiger partial charge on any atom is -0.493 e. The molecule has 0 spiro atoms. The Hall–Kier alpha value is -3.82. The second-order valence-corrected chi connectivity index (χ2v) is 10.6. The molecule has 0 aliphatic heterocycles. The van der Waals surface area contributed by atoms with Crippen molar-refractivity contribution < 1.29 is 18.3 Å². The minimum absolute atomic E-state index is 0.116. The van der Waals surface area contributed by atoms with E-state index in [1.54, 1.807) is 24.5 Å². The summed E-state index contributed by atoms with van der Waals surface area (Å²) < 4.78 is 34.2. The Labute approximate surface area is 216 Å². The Morgan fingerprint density at radius 3 is 2.38 bits per heavy atom. The number of benzene rings is 2. The van der Waals surface area contributed by atoms with Crippen LogP contribution in [0.5, 0.6) is 5.88 Å². The smallest absolute Gasteiger partial charge is 0.296 e. The van der Waals surface area contributed by atoms with Gasteiger partial charge in [-0.3, -0.25) is 14.3 Å². The molecule has 0 aliphatic carbocycles. The first-order valence-corrected chi connectivity index (χ1v) is 13.4. The van der Waals surface area contributed by atoms with Crippen molar-refractivity contribution in [2.45, 2.75) is 42.5 Å². The predicted molar refractivity (Wildman–Crippen MR) is 140 cm³/mol. The first-order chi connectivity index (χ1) is 17.8. The van der Waals surface area contributed by atoms with E-state index in [4.69, 9.17) is 4.74 Å². The summed E-state index contributed by atoms with van der Waals surface area (Å²) in [6.45, 7) is 3.97. The van der Waals surface area contributed by atoms with Crippen LogP contribution in [0.25, 0.3) is 11.1 Å². The minimum atomic E-state index is -4.39. The maximum absolute atomic E-state index is 13.7. The number of sulfone groups is 1. The lowest BCUT2D eigenvalue weighted by Crippen LogP contribution is -2.29. The Kier molecular flexibility index (Phi) is 7.85. The Morgan fingerprint density at radius 2 is 1.76 bits per heavy atom. The molecule has 0 aliphatic rings. The van der Waals surface area contributed by atoms with Gasteiger partial charge in [-0.2, -0.15) is 4.98 Å². The van der Waals surface area contributed by atoms with Gasteiger partial charge in [0.05, 0.1) is 17.5 Å². The van der Waals surface area contributed by atoms with Crippen LogP contribution < -0.4 is 5.56 Å². The Balaban J connectivity index is 1.87. The lowest BCUT2D eigenvalue weighted by atomic mass is 10.0. The first kappa shape index (κ1) is 26.2. The highest BCUT2D eigenvalue weighted by atomic mass is 32.2. The van der Waals surface area contributed by atoms with E-state index in [-0.39, 0.29) is 11.5 Å². The summed E-state index contributed by atoms with van der Waals surface area (Å²) in [4.78, 5) is 20.4. The van der Waals surface area contributed by atoms with E-state index in [1.165, 1.54) is 23.8 Å². The van der Waals surface area contributed by atoms with Gasteiger partial charge >= 0.3 is 0 Å². The molecule has 192 valence electrons. The molecule has 2 aromatic heterocycles. The van der Waals surface area contributed by atoms with Crippen LogP contribution in [0.3, 0.4) is 0 Å². The van der Waals surface area contributed by atoms with Crippen LogP contribution in [0.15, 0.2) is 87.6 Å². The van der Waals surface area contributed by atoms with Gasteiger partial charge in [-0.25, -0.2) is 8.42 Å². The van der Waals surface area contributed by atoms with Gasteiger partial charge in [0.1, 0.15) is 5.82 Å². The fraction of sp³-hybridized carbons (Fsp3) is 0.250. The van der Waals surface area contributed by atoms with E-state index in [1.807, 2.05) is 50.2 Å². The molecular formula is C28H29N3O5S. The highest BCUT2D eigenvalue weighted by molar-refractivity contribution is 7.91. The van der Waals surface area contributed by atoms with Gasteiger partial charge in [0, 0.05) is 25.9 Å². The van der Waals surface area contributed by atoms with E-state index in [9.17, 15) is 18.3 Å². The SMILES string of the molecule is CCCc1nc(=O)c(S(=O)(=O)c2ccc(-c3ccncc3C)cc2)c(O)n1C(COC)c1ccccc1. The average Bonchev–Trinajstić information content (AvgIpc) is 2.89. The van der Waals surface area contributed by atoms with Crippen molar-refractivity contribution in [1.82, 2.24) is 14.5 Å². The number of aromatic nitrogens is 3. The number of rotatable bonds is 9. The van der Waals surface area contributed by atoms with Gasteiger partial charge in [0.15, 0.2) is 4.90 Å². The third-order valence-corrected chi connectivity index (χ3v) is 7.98. The quantitative estimate of drug-likeness (QED) is 0.350. The van der Waals surface area contributed by atoms with Crippen molar-refractivity contribution in [3.05, 3.63) is 100 Å². The van der Waals surface area contributed by atoms with Crippen LogP contribution in [-0.2, 0) is 21.0 Å². The third kappa shape index (κ3) is 5.19. The van der Waals surface area contributed by atoms with Gasteiger partial charge < -0.3 is 9.84 Å². The number of methoxy groups -OCH3 is 1. The van der Waals surface area contributed by atoms with Crippen molar-refractivity contribution in [2.75, 3.05) is 13.7 Å². The van der Waals surface area contributed by atoms with E-state index in [0.29, 0.717) is 18.7 Å². The molecule has 1 atom stereocenters. The zero-order valence-electron chi connectivity index (χ0n) is 21.0. The molecule has 0 amide bonds. The summed E-state index contributed by atoms with van der Waals surface area (Å²) >= 11 is 0. The number of pyridine rings is 1. The summed E-state index contributed by atoms with van der Waals surface area (Å²) in [6.07, 6.45) is 4.41. The van der Waals surface area contributed by atoms with Crippen molar-refractivity contribution >= 4 is 9.84 Å². The maximum atomic E-state index is 13.7. The van der Waals surface area contributed by atoms with Crippen LogP contribution >= 0.6 is 0 Å². The normalized spacial score (nSPS) is 12.4. The van der Waals surface area contributed by atoms with Crippen molar-refractivity contribution in [1.29, 1.82) is 0 Å². The van der Waals surface area contributed by atoms with Crippen molar-refractivity contribution in [2.24, 2.45) is 0 Å². The number of hydrogen-bond acceptors (Lipinski definition) is 7. The second-order valence-electron chi connectivity index (χ2n) is 8.71. The largest absolute Gasteiger partial charge is 0.493 e. The zero-order chi connectivity index (χ0) is 26.6. The van der Waals surface area contributed by atoms with Crippen LogP contribution in [0.4, 0.5) is 0 Å². The molecule has 2 heterocycles. The topological polar surface area (TPSA) is 111 Å². The van der Waals surface area contributed by atoms with Crippen molar-refractivity contribution in [3.8, 4) is 17.0 Å². The summed E-state index contributed by atoms with van der Waals surface area (Å²) in [5.41, 5.74) is 2.46. The molecule has 4 aromatic rings. The molecule has 0 fully saturated rings. The molecule has 37 heavy (non-hydrogen) atoms. The lowest BCUT2D eigenvalue weighted by Gasteiger charge is -2.25. The number of nitrogens with zero attached hydrogens (tertiary/aromatic N) is 3. The summed E-state index contributed by atoms with van der Waals surface area (Å²) in [5, 5.41) is 11.4. The van der Waals surface area contributed by atoms with Gasteiger partial charge in [-0.1, -0.05) is 49.4 Å². The van der Waals surface area contributed by atoms with Gasteiger partial charge in [-0.15, -0.1) is 0 Å². The summed E-state index contributed by atoms with van der Waals surface area (Å²) in [5.74, 6) is -0.359. The van der Waals surface area contributed by atoms with Crippen LogP contribution in [-0.4, -0.2) is 41.8 Å². The predicted octanol–water partition coefficient (Wildman–Crippen LogP) is 4.34. The van der Waals surface area contributed by atoms with E-state index in [2.05, 4.69) is 9.97 Å². The number of aryl methyl sites for hydroxylation is 2. The van der Waals surface area contributed by atoms with E-state index in [0.717, 1.165) is 22.3 Å². The molecule has 9 heteroatoms. The molecule has 0 bridgehead atoms. The molecule has 2 aromatic carbocycles. The van der Waals surface area contributed by atoms with E-state index >= 15 is 0 Å². The standard InChI is InChI=1S/C28H29N3O5S/c1-4-8-25-30-27(32)26(28(33)31(25)24(18-36-3)21-9-6-5-7-10-21)37(34,35)22-13-11-20(12-14-22)23-15-16-29-17-19(23)2/h5-7,9-17,24,33H,4,8,18H2,1-3H3. The lowest BCUT2D eigenvalue weighted by molar-refractivity contribution is 0.161. The van der Waals surface area contributed by atoms with Crippen molar-refractivity contribution in [3.63, 3.8) is 0 Å². The summed E-state index contributed by atoms with van der Waals surface area (Å²) in [7, 11) is -2.87. The molecule has 1 N–H and O–H groups in total. The number of hydrogen-bond donors (Lipinski definition) is 1. The molecule has 1 unspecified atom stereocenters. The Morgan fingerprint density at radius 1 is 1.05 bits per heavy atom. The highest BCUT2D eigenvalue weighted by Gasteiger charge is 2.32. The van der Waals surface area contributed by atoms with Crippen LogP contribution in [0.2, 0.25) is 0 Å². The molecule has 4 rings (SSSR count). The summed E-state index contributed by atoms with van der Waals surface area (Å²) in [6, 6.07) is 16.7. The fourth-order valence-corrected chi connectivity index (χ4v) is 5.74. The fourth-order valence-electron chi connectivity index (χ4n) is 4.39. The van der Waals surface area contributed by atoms with E-state index < -0.39 is 32.2 Å². The third-order valence-electron chi connectivity index (χ3n) is 6.19. The zero-order valence-corrected chi connectivity index (χ0v) is 21.8. The first-order valence-electron chi connectivity index (χ1n) is 11.9. The second kappa shape index (κ2) is 11.1. The van der Waals surface area contributed by atoms with Gasteiger partial charge in [-0.05, 0) is 53.8 Å². The maximum Gasteiger partial charge on any atom is 0.296 e. The van der Waals surface area contributed by atoms with Crippen LogP contribution in [0, 0.1) is 6.92 Å². The molecule has 0 saturated heterocycles. The van der Waals surface area contributed by atoms with Gasteiger partial charge in [0.2, 0.25) is 15.7 Å². The molecule has 0 saturated carbocycles. The average molecular weight is 520 g/mol.